The standard InChI is InChI=1S/C18H20N2O4S/c1-4-12-20(25(3,22)23)16-10-8-14(9-11-16)18(21)19-15-6-5-7-17(13-15)24-2/h4-11,13H,1,12H2,2-3H3,(H,19,21). The van der Waals surface area contributed by atoms with E-state index in [2.05, 4.69) is 11.9 Å². The molecular formula is C18H20N2O4S. The second-order valence-electron chi connectivity index (χ2n) is 5.32. The molecule has 132 valence electrons. The number of nitrogens with zero attached hydrogens (tertiary/aromatic N) is 1. The third-order valence-electron chi connectivity index (χ3n) is 3.44. The summed E-state index contributed by atoms with van der Waals surface area (Å²) in [5, 5.41) is 2.77. The summed E-state index contributed by atoms with van der Waals surface area (Å²) < 4.78 is 30.0. The predicted molar refractivity (Wildman–Crippen MR) is 99.8 cm³/mol. The number of anilines is 2. The highest BCUT2D eigenvalue weighted by Crippen LogP contribution is 2.20. The number of benzene rings is 2. The first-order valence-corrected chi connectivity index (χ1v) is 9.34. The van der Waals surface area contributed by atoms with Crippen molar-refractivity contribution in [3.63, 3.8) is 0 Å². The number of ether oxygens (including phenoxy) is 1. The Morgan fingerprint density at radius 2 is 1.92 bits per heavy atom. The van der Waals surface area contributed by atoms with Crippen molar-refractivity contribution in [1.82, 2.24) is 0 Å². The minimum absolute atomic E-state index is 0.161. The second kappa shape index (κ2) is 7.85. The van der Waals surface area contributed by atoms with Gasteiger partial charge in [0.15, 0.2) is 0 Å². The molecule has 0 bridgehead atoms. The van der Waals surface area contributed by atoms with Crippen LogP contribution in [-0.4, -0.2) is 34.2 Å². The Kier molecular flexibility index (Phi) is 5.82. The van der Waals surface area contributed by atoms with E-state index in [4.69, 9.17) is 4.74 Å². The normalized spacial score (nSPS) is 10.8. The van der Waals surface area contributed by atoms with E-state index in [0.717, 1.165) is 6.26 Å². The predicted octanol–water partition coefficient (Wildman–Crippen LogP) is 2.90. The van der Waals surface area contributed by atoms with Gasteiger partial charge >= 0.3 is 0 Å². The van der Waals surface area contributed by atoms with E-state index in [9.17, 15) is 13.2 Å². The molecule has 0 saturated heterocycles. The van der Waals surface area contributed by atoms with Crippen LogP contribution < -0.4 is 14.4 Å². The van der Waals surface area contributed by atoms with Crippen LogP contribution in [0.25, 0.3) is 0 Å². The topological polar surface area (TPSA) is 75.7 Å². The van der Waals surface area contributed by atoms with Crippen molar-refractivity contribution in [3.05, 3.63) is 66.7 Å². The number of methoxy groups -OCH3 is 1. The maximum Gasteiger partial charge on any atom is 0.255 e. The summed E-state index contributed by atoms with van der Waals surface area (Å²) in [6.07, 6.45) is 2.63. The molecule has 0 saturated carbocycles. The lowest BCUT2D eigenvalue weighted by Crippen LogP contribution is -2.29. The Morgan fingerprint density at radius 1 is 1.24 bits per heavy atom. The van der Waals surface area contributed by atoms with Crippen LogP contribution in [0.3, 0.4) is 0 Å². The zero-order valence-corrected chi connectivity index (χ0v) is 14.9. The van der Waals surface area contributed by atoms with Gasteiger partial charge in [-0.2, -0.15) is 0 Å². The van der Waals surface area contributed by atoms with Crippen LogP contribution in [0.5, 0.6) is 5.75 Å². The minimum atomic E-state index is -3.42. The first-order valence-electron chi connectivity index (χ1n) is 7.49. The molecule has 25 heavy (non-hydrogen) atoms. The van der Waals surface area contributed by atoms with Gasteiger partial charge in [0, 0.05) is 17.3 Å². The fourth-order valence-electron chi connectivity index (χ4n) is 2.23. The molecule has 0 spiro atoms. The van der Waals surface area contributed by atoms with E-state index >= 15 is 0 Å². The molecule has 0 fully saturated rings. The Hall–Kier alpha value is -2.80. The molecule has 7 heteroatoms. The molecule has 0 atom stereocenters. The molecule has 0 aromatic heterocycles. The van der Waals surface area contributed by atoms with Gasteiger partial charge in [-0.15, -0.1) is 6.58 Å². The summed E-state index contributed by atoms with van der Waals surface area (Å²) >= 11 is 0. The Balaban J connectivity index is 2.18. The summed E-state index contributed by atoms with van der Waals surface area (Å²) in [5.74, 6) is 0.343. The van der Waals surface area contributed by atoms with E-state index in [1.807, 2.05) is 0 Å². The van der Waals surface area contributed by atoms with Crippen molar-refractivity contribution in [2.75, 3.05) is 29.5 Å². The van der Waals surface area contributed by atoms with Crippen LogP contribution in [0.2, 0.25) is 0 Å². The molecule has 2 aromatic carbocycles. The van der Waals surface area contributed by atoms with Crippen molar-refractivity contribution in [2.45, 2.75) is 0 Å². The number of hydrogen-bond donors (Lipinski definition) is 1. The van der Waals surface area contributed by atoms with E-state index < -0.39 is 10.0 Å². The highest BCUT2D eigenvalue weighted by molar-refractivity contribution is 7.92. The van der Waals surface area contributed by atoms with Gasteiger partial charge in [-0.25, -0.2) is 8.42 Å². The Labute approximate surface area is 147 Å². The van der Waals surface area contributed by atoms with Crippen LogP contribution in [-0.2, 0) is 10.0 Å². The number of hydrogen-bond acceptors (Lipinski definition) is 4. The van der Waals surface area contributed by atoms with Gasteiger partial charge in [0.1, 0.15) is 5.75 Å². The van der Waals surface area contributed by atoms with Gasteiger partial charge in [-0.05, 0) is 36.4 Å². The number of nitrogens with one attached hydrogen (secondary N) is 1. The van der Waals surface area contributed by atoms with Crippen molar-refractivity contribution in [2.24, 2.45) is 0 Å². The summed E-state index contributed by atoms with van der Waals surface area (Å²) in [4.78, 5) is 12.3. The van der Waals surface area contributed by atoms with Crippen LogP contribution >= 0.6 is 0 Å². The van der Waals surface area contributed by atoms with Gasteiger partial charge in [0.2, 0.25) is 10.0 Å². The van der Waals surface area contributed by atoms with E-state index in [0.29, 0.717) is 22.7 Å². The summed E-state index contributed by atoms with van der Waals surface area (Å²) in [7, 11) is -1.87. The molecule has 0 aliphatic carbocycles. The fourth-order valence-corrected chi connectivity index (χ4v) is 3.11. The number of carbonyl (C=O) groups is 1. The molecule has 1 N–H and O–H groups in total. The molecule has 1 amide bonds. The number of sulfonamides is 1. The molecule has 0 heterocycles. The second-order valence-corrected chi connectivity index (χ2v) is 7.22. The average molecular weight is 360 g/mol. The first-order chi connectivity index (χ1) is 11.8. The van der Waals surface area contributed by atoms with Crippen molar-refractivity contribution < 1.29 is 17.9 Å². The van der Waals surface area contributed by atoms with Crippen LogP contribution in [0.15, 0.2) is 61.2 Å². The molecule has 6 nitrogen and oxygen atoms in total. The quantitative estimate of drug-likeness (QED) is 0.771. The summed E-state index contributed by atoms with van der Waals surface area (Å²) in [6.45, 7) is 3.73. The van der Waals surface area contributed by atoms with E-state index in [-0.39, 0.29) is 12.5 Å². The maximum absolute atomic E-state index is 12.3. The van der Waals surface area contributed by atoms with Gasteiger partial charge < -0.3 is 10.1 Å². The zero-order chi connectivity index (χ0) is 18.4. The smallest absolute Gasteiger partial charge is 0.255 e. The molecule has 0 unspecified atom stereocenters. The third-order valence-corrected chi connectivity index (χ3v) is 4.60. The third kappa shape index (κ3) is 4.84. The van der Waals surface area contributed by atoms with Crippen LogP contribution in [0.1, 0.15) is 10.4 Å². The lowest BCUT2D eigenvalue weighted by atomic mass is 10.2. The highest BCUT2D eigenvalue weighted by atomic mass is 32.2. The minimum Gasteiger partial charge on any atom is -0.497 e. The maximum atomic E-state index is 12.3. The van der Waals surface area contributed by atoms with Gasteiger partial charge in [0.25, 0.3) is 5.91 Å². The number of rotatable bonds is 7. The first kappa shape index (κ1) is 18.5. The molecular weight excluding hydrogens is 340 g/mol. The molecule has 2 aromatic rings. The van der Waals surface area contributed by atoms with Crippen LogP contribution in [0.4, 0.5) is 11.4 Å². The van der Waals surface area contributed by atoms with Crippen LogP contribution in [0, 0.1) is 0 Å². The monoisotopic (exact) mass is 360 g/mol. The average Bonchev–Trinajstić information content (AvgIpc) is 2.59. The van der Waals surface area contributed by atoms with Gasteiger partial charge in [-0.1, -0.05) is 12.1 Å². The lowest BCUT2D eigenvalue weighted by Gasteiger charge is -2.20. The van der Waals surface area contributed by atoms with E-state index in [1.54, 1.807) is 55.6 Å². The molecule has 0 aliphatic rings. The van der Waals surface area contributed by atoms with Gasteiger partial charge in [-0.3, -0.25) is 9.10 Å². The zero-order valence-electron chi connectivity index (χ0n) is 14.1. The molecule has 0 aliphatic heterocycles. The SMILES string of the molecule is C=CCN(c1ccc(C(=O)Nc2cccc(OC)c2)cc1)S(C)(=O)=O. The fraction of sp³-hybridized carbons (Fsp3) is 0.167. The Bertz CT molecular complexity index is 861. The largest absolute Gasteiger partial charge is 0.497 e. The number of carbonyl (C=O) groups excluding carboxylic acids is 1. The van der Waals surface area contributed by atoms with Gasteiger partial charge in [0.05, 0.1) is 25.6 Å². The van der Waals surface area contributed by atoms with Crippen molar-refractivity contribution >= 4 is 27.3 Å². The molecule has 0 radical (unpaired) electrons. The lowest BCUT2D eigenvalue weighted by molar-refractivity contribution is 0.102. The highest BCUT2D eigenvalue weighted by Gasteiger charge is 2.16. The van der Waals surface area contributed by atoms with Crippen molar-refractivity contribution in [3.8, 4) is 5.75 Å². The van der Waals surface area contributed by atoms with E-state index in [1.165, 1.54) is 10.4 Å². The Morgan fingerprint density at radius 3 is 2.48 bits per heavy atom. The summed E-state index contributed by atoms with van der Waals surface area (Å²) in [5.41, 5.74) is 1.50. The summed E-state index contributed by atoms with van der Waals surface area (Å²) in [6, 6.07) is 13.3. The van der Waals surface area contributed by atoms with Crippen molar-refractivity contribution in [1.29, 1.82) is 0 Å². The number of amides is 1. The molecule has 2 rings (SSSR count).